The minimum atomic E-state index is -1.16. The molecule has 132 valence electrons. The van der Waals surface area contributed by atoms with Crippen LogP contribution in [0.3, 0.4) is 0 Å². The van der Waals surface area contributed by atoms with Crippen molar-refractivity contribution in [1.29, 1.82) is 0 Å². The van der Waals surface area contributed by atoms with E-state index in [2.05, 4.69) is 20.1 Å². The van der Waals surface area contributed by atoms with E-state index in [0.29, 0.717) is 5.56 Å². The number of anilines is 1. The highest BCUT2D eigenvalue weighted by molar-refractivity contribution is 6.04. The molecule has 0 fully saturated rings. The average Bonchev–Trinajstić information content (AvgIpc) is 2.68. The van der Waals surface area contributed by atoms with Gasteiger partial charge >= 0.3 is 5.97 Å². The van der Waals surface area contributed by atoms with E-state index >= 15 is 0 Å². The zero-order valence-corrected chi connectivity index (χ0v) is 13.8. The average molecular weight is 360 g/mol. The molecule has 0 aliphatic rings. The Kier molecular flexibility index (Phi) is 4.77. The van der Waals surface area contributed by atoms with Gasteiger partial charge in [-0.3, -0.25) is 14.9 Å². The number of aromatic amines is 1. The summed E-state index contributed by atoms with van der Waals surface area (Å²) in [6, 6.07) is 14.1. The highest BCUT2D eigenvalue weighted by Crippen LogP contribution is 2.25. The lowest BCUT2D eigenvalue weighted by Gasteiger charge is -2.08. The summed E-state index contributed by atoms with van der Waals surface area (Å²) in [7, 11) is 0. The molecule has 0 unspecified atom stereocenters. The highest BCUT2D eigenvalue weighted by Gasteiger charge is 2.16. The van der Waals surface area contributed by atoms with Gasteiger partial charge in [-0.1, -0.05) is 36.4 Å². The fourth-order valence-corrected chi connectivity index (χ4v) is 2.40. The fraction of sp³-hybridized carbons (Fsp3) is 0. The van der Waals surface area contributed by atoms with Gasteiger partial charge in [0.15, 0.2) is 0 Å². The first kappa shape index (κ1) is 17.6. The van der Waals surface area contributed by atoms with E-state index in [4.69, 9.17) is 11.7 Å². The van der Waals surface area contributed by atoms with E-state index in [0.717, 1.165) is 0 Å². The van der Waals surface area contributed by atoms with Crippen LogP contribution in [-0.4, -0.2) is 27.0 Å². The van der Waals surface area contributed by atoms with Gasteiger partial charge in [0.25, 0.3) is 17.2 Å². The standard InChI is InChI=1S/C19H12N4O4/c1-20-15-14(11-6-3-2-4-7-11)21-19(23-17(15)25)22-16(24)12-8-5-9-13(10-12)18(26)27/h2-10H,(H,26,27)(H2,21,22,23,24,25). The van der Waals surface area contributed by atoms with E-state index in [9.17, 15) is 14.4 Å². The first-order valence-electron chi connectivity index (χ1n) is 7.71. The maximum absolute atomic E-state index is 12.4. The zero-order valence-electron chi connectivity index (χ0n) is 13.8. The van der Waals surface area contributed by atoms with Crippen LogP contribution in [0.2, 0.25) is 0 Å². The molecule has 3 rings (SSSR count). The second-order valence-electron chi connectivity index (χ2n) is 5.43. The molecular weight excluding hydrogens is 348 g/mol. The molecule has 1 heterocycles. The smallest absolute Gasteiger partial charge is 0.335 e. The monoisotopic (exact) mass is 360 g/mol. The van der Waals surface area contributed by atoms with E-state index in [1.165, 1.54) is 24.3 Å². The second-order valence-corrected chi connectivity index (χ2v) is 5.43. The molecule has 0 aliphatic heterocycles. The van der Waals surface area contributed by atoms with Gasteiger partial charge in [0, 0.05) is 5.56 Å². The minimum absolute atomic E-state index is 0.0440. The number of hydrogen-bond donors (Lipinski definition) is 3. The van der Waals surface area contributed by atoms with Crippen LogP contribution in [0.5, 0.6) is 0 Å². The summed E-state index contributed by atoms with van der Waals surface area (Å²) in [6.45, 7) is 7.21. The van der Waals surface area contributed by atoms with Crippen molar-refractivity contribution >= 4 is 23.5 Å². The molecule has 3 aromatic rings. The minimum Gasteiger partial charge on any atom is -0.478 e. The Bertz CT molecular complexity index is 1130. The topological polar surface area (TPSA) is 117 Å². The largest absolute Gasteiger partial charge is 0.478 e. The SMILES string of the molecule is [C-]#[N+]c1c(-c2ccccc2)nc(NC(=O)c2cccc(C(=O)O)c2)[nH]c1=O. The van der Waals surface area contributed by atoms with Crippen molar-refractivity contribution in [3.05, 3.63) is 87.5 Å². The number of H-pyrrole nitrogens is 1. The Balaban J connectivity index is 1.99. The van der Waals surface area contributed by atoms with Gasteiger partial charge in [-0.25, -0.2) is 14.6 Å². The van der Waals surface area contributed by atoms with Crippen LogP contribution in [-0.2, 0) is 0 Å². The van der Waals surface area contributed by atoms with Gasteiger partial charge in [0.05, 0.1) is 17.8 Å². The lowest BCUT2D eigenvalue weighted by molar-refractivity contribution is 0.0697. The maximum atomic E-state index is 12.4. The van der Waals surface area contributed by atoms with Crippen molar-refractivity contribution in [2.45, 2.75) is 0 Å². The van der Waals surface area contributed by atoms with Gasteiger partial charge in [-0.15, -0.1) is 0 Å². The lowest BCUT2D eigenvalue weighted by Crippen LogP contribution is -2.19. The number of aromatic carboxylic acids is 1. The Morgan fingerprint density at radius 2 is 1.78 bits per heavy atom. The molecule has 27 heavy (non-hydrogen) atoms. The van der Waals surface area contributed by atoms with E-state index in [-0.39, 0.29) is 28.5 Å². The van der Waals surface area contributed by atoms with Gasteiger partial charge < -0.3 is 10.1 Å². The summed E-state index contributed by atoms with van der Waals surface area (Å²) < 4.78 is 0. The van der Waals surface area contributed by atoms with Crippen LogP contribution in [0.1, 0.15) is 20.7 Å². The summed E-state index contributed by atoms with van der Waals surface area (Å²) in [4.78, 5) is 45.3. The molecule has 0 saturated carbocycles. The molecule has 8 heteroatoms. The Morgan fingerprint density at radius 1 is 1.07 bits per heavy atom. The number of carboxylic acid groups (broad SMARTS) is 1. The van der Waals surface area contributed by atoms with Crippen LogP contribution in [0.25, 0.3) is 16.1 Å². The predicted octanol–water partition coefficient (Wildman–Crippen LogP) is 2.94. The third-order valence-electron chi connectivity index (χ3n) is 3.66. The fourth-order valence-electron chi connectivity index (χ4n) is 2.40. The molecule has 0 spiro atoms. The number of carboxylic acids is 1. The molecular formula is C19H12N4O4. The molecule has 8 nitrogen and oxygen atoms in total. The zero-order chi connectivity index (χ0) is 19.4. The maximum Gasteiger partial charge on any atom is 0.335 e. The first-order valence-corrected chi connectivity index (χ1v) is 7.71. The number of benzene rings is 2. The van der Waals surface area contributed by atoms with Crippen molar-refractivity contribution in [3.63, 3.8) is 0 Å². The van der Waals surface area contributed by atoms with Gasteiger partial charge in [-0.05, 0) is 23.8 Å². The van der Waals surface area contributed by atoms with Crippen LogP contribution in [0.4, 0.5) is 11.6 Å². The van der Waals surface area contributed by atoms with Crippen molar-refractivity contribution in [2.24, 2.45) is 0 Å². The summed E-state index contributed by atoms with van der Waals surface area (Å²) in [5.41, 5.74) is -0.132. The number of carbonyl (C=O) groups is 2. The third kappa shape index (κ3) is 3.72. The molecule has 1 amide bonds. The van der Waals surface area contributed by atoms with Gasteiger partial charge in [0.1, 0.15) is 0 Å². The predicted molar refractivity (Wildman–Crippen MR) is 97.9 cm³/mol. The molecule has 3 N–H and O–H groups in total. The molecule has 1 aromatic heterocycles. The third-order valence-corrected chi connectivity index (χ3v) is 3.66. The van der Waals surface area contributed by atoms with Crippen molar-refractivity contribution < 1.29 is 14.7 Å². The number of rotatable bonds is 4. The number of nitrogens with one attached hydrogen (secondary N) is 2. The van der Waals surface area contributed by atoms with Crippen LogP contribution < -0.4 is 10.9 Å². The Hall–Kier alpha value is -4.25. The molecule has 0 saturated heterocycles. The number of aromatic nitrogens is 2. The van der Waals surface area contributed by atoms with E-state index in [1.54, 1.807) is 30.3 Å². The molecule has 0 bridgehead atoms. The Morgan fingerprint density at radius 3 is 2.44 bits per heavy atom. The van der Waals surface area contributed by atoms with E-state index in [1.807, 2.05) is 0 Å². The summed E-state index contributed by atoms with van der Waals surface area (Å²) in [5, 5.41) is 11.4. The molecule has 2 aromatic carbocycles. The van der Waals surface area contributed by atoms with Crippen LogP contribution >= 0.6 is 0 Å². The van der Waals surface area contributed by atoms with Crippen molar-refractivity contribution in [1.82, 2.24) is 9.97 Å². The number of hydrogen-bond acceptors (Lipinski definition) is 4. The molecule has 0 atom stereocenters. The van der Waals surface area contributed by atoms with Gasteiger partial charge in [0.2, 0.25) is 5.95 Å². The van der Waals surface area contributed by atoms with Crippen LogP contribution in [0.15, 0.2) is 59.4 Å². The Labute approximate surface area is 153 Å². The van der Waals surface area contributed by atoms with Gasteiger partial charge in [-0.2, -0.15) is 0 Å². The normalized spacial score (nSPS) is 10.0. The van der Waals surface area contributed by atoms with E-state index < -0.39 is 17.4 Å². The number of amides is 1. The summed E-state index contributed by atoms with van der Waals surface area (Å²) in [5.74, 6) is -1.95. The highest BCUT2D eigenvalue weighted by atomic mass is 16.4. The quantitative estimate of drug-likeness (QED) is 0.619. The summed E-state index contributed by atoms with van der Waals surface area (Å²) >= 11 is 0. The number of nitrogens with zero attached hydrogens (tertiary/aromatic N) is 2. The molecule has 0 aliphatic carbocycles. The van der Waals surface area contributed by atoms with Crippen molar-refractivity contribution in [2.75, 3.05) is 5.32 Å². The number of carbonyl (C=O) groups excluding carboxylic acids is 1. The first-order chi connectivity index (χ1) is 13.0. The van der Waals surface area contributed by atoms with Crippen LogP contribution in [0, 0.1) is 6.57 Å². The lowest BCUT2D eigenvalue weighted by atomic mass is 10.1. The van der Waals surface area contributed by atoms with Crippen molar-refractivity contribution in [3.8, 4) is 11.3 Å². The molecule has 0 radical (unpaired) electrons. The summed E-state index contributed by atoms with van der Waals surface area (Å²) in [6.07, 6.45) is 0. The second kappa shape index (κ2) is 7.33.